The quantitative estimate of drug-likeness (QED) is 0.483. The molecule has 0 aliphatic carbocycles. The van der Waals surface area contributed by atoms with E-state index in [1.54, 1.807) is 0 Å². The Labute approximate surface area is 69.1 Å². The lowest BCUT2D eigenvalue weighted by Gasteiger charge is -2.33. The van der Waals surface area contributed by atoms with E-state index in [9.17, 15) is 0 Å². The lowest BCUT2D eigenvalue weighted by molar-refractivity contribution is -0.0649. The summed E-state index contributed by atoms with van der Waals surface area (Å²) in [4.78, 5) is 0. The molecule has 1 aliphatic rings. The smallest absolute Gasteiger partial charge is 0.0752 e. The summed E-state index contributed by atoms with van der Waals surface area (Å²) in [5.74, 6) is 6.49. The molecule has 0 aromatic carbocycles. The molecule has 1 rings (SSSR count). The van der Waals surface area contributed by atoms with Gasteiger partial charge in [-0.1, -0.05) is 11.8 Å². The van der Waals surface area contributed by atoms with E-state index in [0.717, 1.165) is 13.2 Å². The van der Waals surface area contributed by atoms with Crippen LogP contribution in [-0.4, -0.2) is 13.2 Å². The highest BCUT2D eigenvalue weighted by atomic mass is 16.5. The Balaban J connectivity index is 2.56. The summed E-state index contributed by atoms with van der Waals surface area (Å²) in [5, 5.41) is 0. The fourth-order valence-electron chi connectivity index (χ4n) is 0.819. The molecule has 1 nitrogen and oxygen atoms in total. The molecule has 1 aliphatic heterocycles. The number of rotatable bonds is 0. The van der Waals surface area contributed by atoms with Crippen molar-refractivity contribution in [1.29, 1.82) is 0 Å². The molecule has 0 atom stereocenters. The molecule has 1 fully saturated rings. The van der Waals surface area contributed by atoms with Crippen molar-refractivity contribution in [1.82, 2.24) is 0 Å². The molecule has 1 saturated heterocycles. The number of hydrogen-bond donors (Lipinski definition) is 0. The lowest BCUT2D eigenvalue weighted by Crippen LogP contribution is -2.38. The van der Waals surface area contributed by atoms with E-state index in [-0.39, 0.29) is 10.8 Å². The Kier molecular flexibility index (Phi) is 1.98. The predicted octanol–water partition coefficient (Wildman–Crippen LogP) is 2.07. The molecule has 62 valence electrons. The summed E-state index contributed by atoms with van der Waals surface area (Å²) in [5.41, 5.74) is 0.270. The molecular weight excluding hydrogens is 136 g/mol. The highest BCUT2D eigenvalue weighted by Gasteiger charge is 2.31. The molecule has 0 saturated carbocycles. The van der Waals surface area contributed by atoms with Gasteiger partial charge in [0.2, 0.25) is 0 Å². The van der Waals surface area contributed by atoms with Crippen LogP contribution in [-0.2, 0) is 4.74 Å². The van der Waals surface area contributed by atoms with Crippen LogP contribution in [0.5, 0.6) is 0 Å². The first-order chi connectivity index (χ1) is 4.91. The van der Waals surface area contributed by atoms with Gasteiger partial charge in [-0.15, -0.1) is 0 Å². The maximum Gasteiger partial charge on any atom is 0.0752 e. The second-order valence-electron chi connectivity index (χ2n) is 4.55. The van der Waals surface area contributed by atoms with Gasteiger partial charge < -0.3 is 4.74 Å². The molecule has 0 spiro atoms. The lowest BCUT2D eigenvalue weighted by atomic mass is 9.87. The Morgan fingerprint density at radius 3 is 2.09 bits per heavy atom. The SMILES string of the molecule is CC(C)(C)C#CC1(C)COC1. The van der Waals surface area contributed by atoms with Crippen molar-refractivity contribution in [3.8, 4) is 11.8 Å². The summed E-state index contributed by atoms with van der Waals surface area (Å²) in [6.45, 7) is 10.1. The Morgan fingerprint density at radius 2 is 1.82 bits per heavy atom. The molecule has 1 heteroatoms. The van der Waals surface area contributed by atoms with Gasteiger partial charge in [0.25, 0.3) is 0 Å². The van der Waals surface area contributed by atoms with Gasteiger partial charge in [0, 0.05) is 5.41 Å². The third-order valence-corrected chi connectivity index (χ3v) is 1.58. The summed E-state index contributed by atoms with van der Waals surface area (Å²) in [6, 6.07) is 0. The van der Waals surface area contributed by atoms with Crippen LogP contribution < -0.4 is 0 Å². The molecule has 0 aromatic rings. The highest BCUT2D eigenvalue weighted by molar-refractivity contribution is 5.17. The summed E-state index contributed by atoms with van der Waals surface area (Å²) < 4.78 is 5.10. The summed E-state index contributed by atoms with van der Waals surface area (Å²) in [7, 11) is 0. The van der Waals surface area contributed by atoms with E-state index in [0.29, 0.717) is 0 Å². The van der Waals surface area contributed by atoms with Crippen LogP contribution in [0.15, 0.2) is 0 Å². The van der Waals surface area contributed by atoms with Crippen molar-refractivity contribution in [2.75, 3.05) is 13.2 Å². The average Bonchev–Trinajstić information content (AvgIpc) is 1.77. The van der Waals surface area contributed by atoms with Crippen molar-refractivity contribution >= 4 is 0 Å². The normalized spacial score (nSPS) is 21.5. The van der Waals surface area contributed by atoms with Crippen molar-refractivity contribution in [3.05, 3.63) is 0 Å². The molecule has 0 unspecified atom stereocenters. The molecule has 0 bridgehead atoms. The van der Waals surface area contributed by atoms with Crippen LogP contribution in [0.25, 0.3) is 0 Å². The van der Waals surface area contributed by atoms with Crippen molar-refractivity contribution in [3.63, 3.8) is 0 Å². The molecule has 0 amide bonds. The van der Waals surface area contributed by atoms with Crippen LogP contribution in [0.3, 0.4) is 0 Å². The minimum absolute atomic E-state index is 0.124. The second kappa shape index (κ2) is 2.53. The van der Waals surface area contributed by atoms with Crippen molar-refractivity contribution < 1.29 is 4.74 Å². The van der Waals surface area contributed by atoms with Crippen LogP contribution in [0, 0.1) is 22.7 Å². The van der Waals surface area contributed by atoms with Gasteiger partial charge in [-0.05, 0) is 27.7 Å². The molecule has 1 heterocycles. The van der Waals surface area contributed by atoms with Gasteiger partial charge in [0.1, 0.15) is 0 Å². The third kappa shape index (κ3) is 2.55. The predicted molar refractivity (Wildman–Crippen MR) is 46.2 cm³/mol. The van der Waals surface area contributed by atoms with E-state index >= 15 is 0 Å². The van der Waals surface area contributed by atoms with Crippen LogP contribution >= 0.6 is 0 Å². The van der Waals surface area contributed by atoms with Crippen molar-refractivity contribution in [2.24, 2.45) is 10.8 Å². The van der Waals surface area contributed by atoms with Crippen LogP contribution in [0.1, 0.15) is 27.7 Å². The summed E-state index contributed by atoms with van der Waals surface area (Å²) in [6.07, 6.45) is 0. The molecule has 0 N–H and O–H groups in total. The molecule has 0 aromatic heterocycles. The zero-order valence-electron chi connectivity index (χ0n) is 7.82. The molecular formula is C10H16O. The minimum Gasteiger partial charge on any atom is -0.378 e. The summed E-state index contributed by atoms with van der Waals surface area (Å²) >= 11 is 0. The maximum atomic E-state index is 5.10. The van der Waals surface area contributed by atoms with Gasteiger partial charge >= 0.3 is 0 Å². The first-order valence-corrected chi connectivity index (χ1v) is 4.03. The highest BCUT2D eigenvalue weighted by Crippen LogP contribution is 2.26. The van der Waals surface area contributed by atoms with Crippen LogP contribution in [0.2, 0.25) is 0 Å². The Bertz CT molecular complexity index is 195. The van der Waals surface area contributed by atoms with Gasteiger partial charge in [0.05, 0.1) is 18.6 Å². The minimum atomic E-state index is 0.124. The van der Waals surface area contributed by atoms with Gasteiger partial charge in [-0.2, -0.15) is 0 Å². The topological polar surface area (TPSA) is 9.23 Å². The maximum absolute atomic E-state index is 5.10. The molecule has 0 radical (unpaired) electrons. The van der Waals surface area contributed by atoms with Gasteiger partial charge in [0.15, 0.2) is 0 Å². The fourth-order valence-corrected chi connectivity index (χ4v) is 0.819. The Morgan fingerprint density at radius 1 is 1.27 bits per heavy atom. The van der Waals surface area contributed by atoms with Gasteiger partial charge in [-0.25, -0.2) is 0 Å². The first-order valence-electron chi connectivity index (χ1n) is 4.03. The van der Waals surface area contributed by atoms with E-state index in [1.807, 2.05) is 0 Å². The second-order valence-corrected chi connectivity index (χ2v) is 4.55. The van der Waals surface area contributed by atoms with Gasteiger partial charge in [-0.3, -0.25) is 0 Å². The average molecular weight is 152 g/mol. The van der Waals surface area contributed by atoms with E-state index in [1.165, 1.54) is 0 Å². The van der Waals surface area contributed by atoms with E-state index in [2.05, 4.69) is 39.5 Å². The standard InChI is InChI=1S/C10H16O/c1-9(2,3)5-6-10(4)7-11-8-10/h7-8H2,1-4H3. The Hall–Kier alpha value is -0.480. The molecule has 11 heavy (non-hydrogen) atoms. The zero-order valence-corrected chi connectivity index (χ0v) is 7.82. The monoisotopic (exact) mass is 152 g/mol. The third-order valence-electron chi connectivity index (χ3n) is 1.58. The van der Waals surface area contributed by atoms with Crippen molar-refractivity contribution in [2.45, 2.75) is 27.7 Å². The largest absolute Gasteiger partial charge is 0.378 e. The fraction of sp³-hybridized carbons (Fsp3) is 0.800. The van der Waals surface area contributed by atoms with Crippen LogP contribution in [0.4, 0.5) is 0 Å². The first kappa shape index (κ1) is 8.62. The number of hydrogen-bond acceptors (Lipinski definition) is 1. The zero-order chi connectivity index (χ0) is 8.54. The van der Waals surface area contributed by atoms with E-state index < -0.39 is 0 Å². The van der Waals surface area contributed by atoms with E-state index in [4.69, 9.17) is 4.74 Å². The number of ether oxygens (including phenoxy) is 1.